The fourth-order valence-electron chi connectivity index (χ4n) is 3.48. The minimum Gasteiger partial charge on any atom is -0.357 e. The van der Waals surface area contributed by atoms with E-state index in [1.807, 2.05) is 19.1 Å². The highest BCUT2D eigenvalue weighted by Crippen LogP contribution is 2.25. The van der Waals surface area contributed by atoms with Crippen molar-refractivity contribution in [3.63, 3.8) is 0 Å². The number of rotatable bonds is 9. The van der Waals surface area contributed by atoms with E-state index in [0.717, 1.165) is 21.7 Å². The lowest BCUT2D eigenvalue weighted by molar-refractivity contribution is -0.140. The first kappa shape index (κ1) is 25.7. The fraction of sp³-hybridized carbons (Fsp3) is 0.391. The molecular weight excluding hydrogens is 450 g/mol. The second-order valence-corrected chi connectivity index (χ2v) is 10.0. The normalized spacial score (nSPS) is 12.2. The Balaban J connectivity index is 2.49. The summed E-state index contributed by atoms with van der Waals surface area (Å²) in [5, 5.41) is 3.05. The number of nitrogens with one attached hydrogen (secondary N) is 1. The summed E-state index contributed by atoms with van der Waals surface area (Å²) in [4.78, 5) is 27.4. The van der Waals surface area contributed by atoms with Crippen molar-refractivity contribution in [3.8, 4) is 0 Å². The average molecular weight is 480 g/mol. The summed E-state index contributed by atoms with van der Waals surface area (Å²) in [5.74, 6) is -0.822. The van der Waals surface area contributed by atoms with E-state index in [1.165, 1.54) is 11.9 Å². The van der Waals surface area contributed by atoms with Crippen LogP contribution in [0.2, 0.25) is 5.02 Å². The summed E-state index contributed by atoms with van der Waals surface area (Å²) in [7, 11) is -2.26. The molecule has 0 spiro atoms. The molecule has 0 unspecified atom stereocenters. The number of nitrogens with zero attached hydrogens (tertiary/aromatic N) is 2. The maximum absolute atomic E-state index is 13.5. The van der Waals surface area contributed by atoms with Gasteiger partial charge in [0.2, 0.25) is 21.8 Å². The predicted molar refractivity (Wildman–Crippen MR) is 128 cm³/mol. The molecule has 2 aromatic rings. The second-order valence-electron chi connectivity index (χ2n) is 7.71. The van der Waals surface area contributed by atoms with E-state index >= 15 is 0 Å². The van der Waals surface area contributed by atoms with Crippen LogP contribution in [0, 0.1) is 13.8 Å². The molecule has 2 rings (SSSR count). The molecule has 0 saturated heterocycles. The van der Waals surface area contributed by atoms with Gasteiger partial charge in [0.05, 0.1) is 11.9 Å². The summed E-state index contributed by atoms with van der Waals surface area (Å²) in [6.07, 6.45) is 1.43. The molecule has 7 nitrogen and oxygen atoms in total. The van der Waals surface area contributed by atoms with Crippen LogP contribution in [0.15, 0.2) is 42.5 Å². The molecule has 0 radical (unpaired) electrons. The topological polar surface area (TPSA) is 86.8 Å². The largest absolute Gasteiger partial charge is 0.357 e. The fourth-order valence-corrected chi connectivity index (χ4v) is 4.57. The summed E-state index contributed by atoms with van der Waals surface area (Å²) in [6.45, 7) is 5.09. The van der Waals surface area contributed by atoms with Crippen LogP contribution in [-0.4, -0.2) is 51.0 Å². The highest BCUT2D eigenvalue weighted by molar-refractivity contribution is 7.92. The third-order valence-electron chi connectivity index (χ3n) is 5.24. The first-order valence-electron chi connectivity index (χ1n) is 10.3. The Hall–Kier alpha value is -2.58. The molecule has 2 amide bonds. The van der Waals surface area contributed by atoms with Crippen molar-refractivity contribution < 1.29 is 18.0 Å². The number of amides is 2. The number of hydrogen-bond donors (Lipinski definition) is 1. The Kier molecular flexibility index (Phi) is 8.69. The van der Waals surface area contributed by atoms with Gasteiger partial charge in [-0.2, -0.15) is 0 Å². The zero-order valence-corrected chi connectivity index (χ0v) is 20.6. The molecule has 1 atom stereocenters. The van der Waals surface area contributed by atoms with Crippen LogP contribution in [0.4, 0.5) is 5.69 Å². The molecule has 2 aromatic carbocycles. The Labute approximate surface area is 195 Å². The monoisotopic (exact) mass is 479 g/mol. The third kappa shape index (κ3) is 6.23. The van der Waals surface area contributed by atoms with Gasteiger partial charge in [0.15, 0.2) is 0 Å². The molecule has 0 aliphatic heterocycles. The lowest BCUT2D eigenvalue weighted by Gasteiger charge is -2.33. The van der Waals surface area contributed by atoms with Crippen LogP contribution >= 0.6 is 11.6 Å². The van der Waals surface area contributed by atoms with Gasteiger partial charge in [-0.15, -0.1) is 0 Å². The van der Waals surface area contributed by atoms with Gasteiger partial charge in [-0.25, -0.2) is 8.42 Å². The summed E-state index contributed by atoms with van der Waals surface area (Å²) in [5.41, 5.74) is 2.70. The van der Waals surface area contributed by atoms with E-state index in [-0.39, 0.29) is 12.5 Å². The highest BCUT2D eigenvalue weighted by Gasteiger charge is 2.32. The molecule has 0 fully saturated rings. The van der Waals surface area contributed by atoms with Crippen molar-refractivity contribution >= 4 is 39.1 Å². The lowest BCUT2D eigenvalue weighted by Crippen LogP contribution is -2.51. The van der Waals surface area contributed by atoms with Crippen molar-refractivity contribution in [2.24, 2.45) is 0 Å². The van der Waals surface area contributed by atoms with Crippen molar-refractivity contribution in [1.29, 1.82) is 0 Å². The van der Waals surface area contributed by atoms with Crippen LogP contribution in [0.1, 0.15) is 30.0 Å². The molecule has 0 aliphatic carbocycles. The van der Waals surface area contributed by atoms with Crippen LogP contribution in [-0.2, 0) is 26.2 Å². The Morgan fingerprint density at radius 2 is 1.78 bits per heavy atom. The van der Waals surface area contributed by atoms with E-state index in [1.54, 1.807) is 44.2 Å². The van der Waals surface area contributed by atoms with Crippen molar-refractivity contribution in [2.75, 3.05) is 24.2 Å². The van der Waals surface area contributed by atoms with E-state index in [2.05, 4.69) is 5.32 Å². The van der Waals surface area contributed by atoms with Crippen LogP contribution in [0.3, 0.4) is 0 Å². The smallest absolute Gasteiger partial charge is 0.244 e. The van der Waals surface area contributed by atoms with Crippen LogP contribution in [0.25, 0.3) is 0 Å². The minimum atomic E-state index is -3.77. The molecule has 0 aliphatic rings. The first-order chi connectivity index (χ1) is 15.0. The van der Waals surface area contributed by atoms with Crippen LogP contribution < -0.4 is 9.62 Å². The standard InChI is InChI=1S/C23H30ClN3O4S/c1-6-20(23(29)25-4)26(14-18-9-7-8-10-19(18)24)22(28)15-27(32(5,30)31)21-13-16(2)11-12-17(21)3/h7-13,20H,6,14-15H2,1-5H3,(H,25,29)/t20-/m0/s1. The maximum atomic E-state index is 13.5. The zero-order chi connectivity index (χ0) is 24.1. The number of carbonyl (C=O) groups is 2. The first-order valence-corrected chi connectivity index (χ1v) is 12.5. The SMILES string of the molecule is CC[C@@H](C(=O)NC)N(Cc1ccccc1Cl)C(=O)CN(c1cc(C)ccc1C)S(C)(=O)=O. The Morgan fingerprint density at radius 1 is 1.12 bits per heavy atom. The highest BCUT2D eigenvalue weighted by atomic mass is 35.5. The zero-order valence-electron chi connectivity index (χ0n) is 19.1. The van der Waals surface area contributed by atoms with Gasteiger partial charge in [-0.3, -0.25) is 13.9 Å². The van der Waals surface area contributed by atoms with E-state index in [9.17, 15) is 18.0 Å². The van der Waals surface area contributed by atoms with Crippen molar-refractivity contribution in [2.45, 2.75) is 39.8 Å². The molecule has 1 N–H and O–H groups in total. The predicted octanol–water partition coefficient (Wildman–Crippen LogP) is 3.28. The van der Waals surface area contributed by atoms with Gasteiger partial charge >= 0.3 is 0 Å². The molecule has 0 bridgehead atoms. The van der Waals surface area contributed by atoms with E-state index in [0.29, 0.717) is 22.7 Å². The number of benzene rings is 2. The van der Waals surface area contributed by atoms with Crippen molar-refractivity contribution in [1.82, 2.24) is 10.2 Å². The average Bonchev–Trinajstić information content (AvgIpc) is 2.73. The molecular formula is C23H30ClN3O4S. The number of carbonyl (C=O) groups excluding carboxylic acids is 2. The quantitative estimate of drug-likeness (QED) is 0.598. The van der Waals surface area contributed by atoms with E-state index < -0.39 is 28.5 Å². The van der Waals surface area contributed by atoms with Gasteiger partial charge in [0.25, 0.3) is 0 Å². The number of anilines is 1. The van der Waals surface area contributed by atoms with Gasteiger partial charge < -0.3 is 10.2 Å². The number of likely N-dealkylation sites (N-methyl/N-ethyl adjacent to an activating group) is 1. The second kappa shape index (κ2) is 10.8. The number of hydrogen-bond acceptors (Lipinski definition) is 4. The lowest BCUT2D eigenvalue weighted by atomic mass is 10.1. The van der Waals surface area contributed by atoms with E-state index in [4.69, 9.17) is 11.6 Å². The molecule has 174 valence electrons. The number of aryl methyl sites for hydroxylation is 2. The Bertz CT molecular complexity index is 1090. The summed E-state index contributed by atoms with van der Waals surface area (Å²) in [6, 6.07) is 11.7. The van der Waals surface area contributed by atoms with Gasteiger partial charge in [-0.05, 0) is 49.1 Å². The van der Waals surface area contributed by atoms with Crippen molar-refractivity contribution in [3.05, 3.63) is 64.2 Å². The maximum Gasteiger partial charge on any atom is 0.244 e. The summed E-state index contributed by atoms with van der Waals surface area (Å²) < 4.78 is 26.4. The minimum absolute atomic E-state index is 0.0782. The van der Waals surface area contributed by atoms with Gasteiger partial charge in [0.1, 0.15) is 12.6 Å². The number of halogens is 1. The summed E-state index contributed by atoms with van der Waals surface area (Å²) >= 11 is 6.30. The van der Waals surface area contributed by atoms with Gasteiger partial charge in [-0.1, -0.05) is 48.9 Å². The molecule has 0 heterocycles. The van der Waals surface area contributed by atoms with Crippen LogP contribution in [0.5, 0.6) is 0 Å². The molecule has 9 heteroatoms. The third-order valence-corrected chi connectivity index (χ3v) is 6.74. The molecule has 32 heavy (non-hydrogen) atoms. The number of sulfonamides is 1. The Morgan fingerprint density at radius 3 is 2.34 bits per heavy atom. The van der Waals surface area contributed by atoms with Gasteiger partial charge in [0, 0.05) is 18.6 Å². The molecule has 0 aromatic heterocycles. The molecule has 0 saturated carbocycles.